The van der Waals surface area contributed by atoms with E-state index in [-0.39, 0.29) is 0 Å². The average molecular weight is 169 g/mol. The van der Waals surface area contributed by atoms with Crippen molar-refractivity contribution in [2.75, 3.05) is 7.11 Å². The minimum atomic E-state index is 0.477. The van der Waals surface area contributed by atoms with Crippen molar-refractivity contribution in [3.8, 4) is 5.75 Å². The van der Waals surface area contributed by atoms with Crippen molar-refractivity contribution in [3.63, 3.8) is 0 Å². The van der Waals surface area contributed by atoms with Crippen molar-refractivity contribution in [2.45, 2.75) is 11.8 Å². The molecule has 58 valence electrons. The Bertz CT molecular complexity index is 271. The molecular formula is C8H9O2S+. The maximum absolute atomic E-state index is 10.4. The molecule has 0 saturated carbocycles. The van der Waals surface area contributed by atoms with E-state index in [2.05, 4.69) is 0 Å². The van der Waals surface area contributed by atoms with Crippen LogP contribution in [0.25, 0.3) is 0 Å². The Hall–Kier alpha value is -0.960. The number of aryl methyl sites for hydroxylation is 1. The third kappa shape index (κ3) is 1.74. The SMILES string of the molecule is COc1cc([S+]=O)ccc1C. The van der Waals surface area contributed by atoms with Crippen LogP contribution in [0.15, 0.2) is 23.1 Å². The molecule has 3 heteroatoms. The van der Waals surface area contributed by atoms with Crippen molar-refractivity contribution in [2.24, 2.45) is 0 Å². The fourth-order valence-electron chi connectivity index (χ4n) is 0.852. The topological polar surface area (TPSA) is 26.3 Å². The highest BCUT2D eigenvalue weighted by Gasteiger charge is 2.08. The predicted molar refractivity (Wildman–Crippen MR) is 44.0 cm³/mol. The van der Waals surface area contributed by atoms with Crippen LogP contribution in [0, 0.1) is 6.92 Å². The quantitative estimate of drug-likeness (QED) is 0.631. The largest absolute Gasteiger partial charge is 0.505 e. The first-order chi connectivity index (χ1) is 5.27. The molecule has 0 aliphatic heterocycles. The Kier molecular flexibility index (Phi) is 2.54. The first-order valence-electron chi connectivity index (χ1n) is 3.22. The zero-order valence-electron chi connectivity index (χ0n) is 6.46. The van der Waals surface area contributed by atoms with E-state index in [4.69, 9.17) is 4.74 Å². The predicted octanol–water partition coefficient (Wildman–Crippen LogP) is 1.79. The molecule has 1 rings (SSSR count). The van der Waals surface area contributed by atoms with Crippen molar-refractivity contribution in [1.82, 2.24) is 0 Å². The molecule has 1 aromatic rings. The van der Waals surface area contributed by atoms with Gasteiger partial charge in [0.25, 0.3) is 4.90 Å². The Morgan fingerprint density at radius 2 is 2.18 bits per heavy atom. The molecule has 2 nitrogen and oxygen atoms in total. The smallest absolute Gasteiger partial charge is 0.496 e. The van der Waals surface area contributed by atoms with Crippen LogP contribution < -0.4 is 4.74 Å². The van der Waals surface area contributed by atoms with E-state index in [0.29, 0.717) is 16.6 Å². The molecule has 0 unspecified atom stereocenters. The lowest BCUT2D eigenvalue weighted by Crippen LogP contribution is -1.87. The minimum Gasteiger partial charge on any atom is -0.496 e. The summed E-state index contributed by atoms with van der Waals surface area (Å²) in [5, 5.41) is 0. The van der Waals surface area contributed by atoms with Gasteiger partial charge in [-0.15, -0.1) is 0 Å². The Morgan fingerprint density at radius 3 is 2.73 bits per heavy atom. The Labute approximate surface area is 69.7 Å². The van der Waals surface area contributed by atoms with Gasteiger partial charge in [-0.05, 0) is 18.6 Å². The van der Waals surface area contributed by atoms with Gasteiger partial charge in [0.1, 0.15) is 5.75 Å². The molecule has 0 radical (unpaired) electrons. The van der Waals surface area contributed by atoms with Crippen LogP contribution in [0.1, 0.15) is 5.56 Å². The second-order valence-corrected chi connectivity index (χ2v) is 2.85. The van der Waals surface area contributed by atoms with E-state index in [1.165, 1.54) is 0 Å². The summed E-state index contributed by atoms with van der Waals surface area (Å²) in [4.78, 5) is 0.687. The summed E-state index contributed by atoms with van der Waals surface area (Å²) >= 11 is 0.477. The van der Waals surface area contributed by atoms with Crippen LogP contribution in [-0.4, -0.2) is 7.11 Å². The van der Waals surface area contributed by atoms with Gasteiger partial charge in [0.15, 0.2) is 0 Å². The molecule has 0 aliphatic rings. The number of benzene rings is 1. The van der Waals surface area contributed by atoms with Crippen molar-refractivity contribution in [1.29, 1.82) is 0 Å². The lowest BCUT2D eigenvalue weighted by molar-refractivity contribution is 0.410. The van der Waals surface area contributed by atoms with Crippen LogP contribution in [0.3, 0.4) is 0 Å². The van der Waals surface area contributed by atoms with Crippen molar-refractivity contribution in [3.05, 3.63) is 23.8 Å². The molecule has 0 N–H and O–H groups in total. The summed E-state index contributed by atoms with van der Waals surface area (Å²) in [5.41, 5.74) is 1.05. The number of methoxy groups -OCH3 is 1. The van der Waals surface area contributed by atoms with E-state index in [0.717, 1.165) is 11.3 Å². The lowest BCUT2D eigenvalue weighted by atomic mass is 10.2. The molecule has 0 fully saturated rings. The summed E-state index contributed by atoms with van der Waals surface area (Å²) in [6, 6.07) is 5.40. The molecule has 0 saturated heterocycles. The monoisotopic (exact) mass is 169 g/mol. The number of hydrogen-bond acceptors (Lipinski definition) is 2. The van der Waals surface area contributed by atoms with Gasteiger partial charge in [-0.3, -0.25) is 0 Å². The molecular weight excluding hydrogens is 160 g/mol. The molecule has 0 bridgehead atoms. The summed E-state index contributed by atoms with van der Waals surface area (Å²) in [6.07, 6.45) is 0. The van der Waals surface area contributed by atoms with Crippen LogP contribution in [0.5, 0.6) is 5.75 Å². The van der Waals surface area contributed by atoms with Gasteiger partial charge >= 0.3 is 11.7 Å². The van der Waals surface area contributed by atoms with Crippen LogP contribution in [0.4, 0.5) is 0 Å². The third-order valence-electron chi connectivity index (χ3n) is 1.48. The van der Waals surface area contributed by atoms with Crippen LogP contribution in [-0.2, 0) is 15.9 Å². The summed E-state index contributed by atoms with van der Waals surface area (Å²) in [6.45, 7) is 1.94. The molecule has 0 heterocycles. The molecule has 0 spiro atoms. The number of rotatable bonds is 2. The summed E-state index contributed by atoms with van der Waals surface area (Å²) in [7, 11) is 1.60. The molecule has 0 aliphatic carbocycles. The number of ether oxygens (including phenoxy) is 1. The van der Waals surface area contributed by atoms with Crippen LogP contribution in [0.2, 0.25) is 0 Å². The fraction of sp³-hybridized carbons (Fsp3) is 0.250. The molecule has 0 aromatic heterocycles. The Balaban J connectivity index is 3.12. The molecule has 0 atom stereocenters. The van der Waals surface area contributed by atoms with E-state index in [1.807, 2.05) is 13.0 Å². The molecule has 1 aromatic carbocycles. The van der Waals surface area contributed by atoms with E-state index in [1.54, 1.807) is 19.2 Å². The van der Waals surface area contributed by atoms with Gasteiger partial charge in [-0.25, -0.2) is 0 Å². The third-order valence-corrected chi connectivity index (χ3v) is 1.92. The maximum atomic E-state index is 10.4. The van der Waals surface area contributed by atoms with E-state index in [9.17, 15) is 4.21 Å². The highest BCUT2D eigenvalue weighted by molar-refractivity contribution is 7.65. The van der Waals surface area contributed by atoms with E-state index >= 15 is 0 Å². The van der Waals surface area contributed by atoms with Gasteiger partial charge in [0, 0.05) is 10.3 Å². The molecule has 11 heavy (non-hydrogen) atoms. The fourth-order valence-corrected chi connectivity index (χ4v) is 1.13. The lowest BCUT2D eigenvalue weighted by Gasteiger charge is -2.00. The summed E-state index contributed by atoms with van der Waals surface area (Å²) in [5.74, 6) is 0.769. The van der Waals surface area contributed by atoms with Gasteiger partial charge in [-0.2, -0.15) is 0 Å². The maximum Gasteiger partial charge on any atom is 0.505 e. The normalized spacial score (nSPS) is 9.27. The van der Waals surface area contributed by atoms with Gasteiger partial charge in [-0.1, -0.05) is 0 Å². The van der Waals surface area contributed by atoms with Gasteiger partial charge < -0.3 is 4.74 Å². The first kappa shape index (κ1) is 8.14. The highest BCUT2D eigenvalue weighted by atomic mass is 32.1. The zero-order chi connectivity index (χ0) is 8.27. The minimum absolute atomic E-state index is 0.477. The Morgan fingerprint density at radius 1 is 1.45 bits per heavy atom. The zero-order valence-corrected chi connectivity index (χ0v) is 7.27. The molecule has 0 amide bonds. The number of hydrogen-bond donors (Lipinski definition) is 0. The van der Waals surface area contributed by atoms with Gasteiger partial charge in [0.05, 0.1) is 13.2 Å². The van der Waals surface area contributed by atoms with E-state index < -0.39 is 0 Å². The summed E-state index contributed by atoms with van der Waals surface area (Å²) < 4.78 is 15.4. The van der Waals surface area contributed by atoms with Crippen molar-refractivity contribution >= 4 is 11.7 Å². The second kappa shape index (κ2) is 3.44. The first-order valence-corrected chi connectivity index (χ1v) is 3.96. The second-order valence-electron chi connectivity index (χ2n) is 2.21. The van der Waals surface area contributed by atoms with Crippen LogP contribution >= 0.6 is 0 Å². The highest BCUT2D eigenvalue weighted by Crippen LogP contribution is 2.18. The van der Waals surface area contributed by atoms with Gasteiger partial charge in [0.2, 0.25) is 0 Å². The van der Waals surface area contributed by atoms with Crippen molar-refractivity contribution < 1.29 is 8.95 Å². The average Bonchev–Trinajstić information content (AvgIpc) is 2.05. The standard InChI is InChI=1S/C8H9O2S/c1-6-3-4-7(11-9)5-8(6)10-2/h3-5H,1-2H3/q+1.